The van der Waals surface area contributed by atoms with E-state index in [9.17, 15) is 13.2 Å². The summed E-state index contributed by atoms with van der Waals surface area (Å²) in [6, 6.07) is 4.85. The highest BCUT2D eigenvalue weighted by Crippen LogP contribution is 2.33. The van der Waals surface area contributed by atoms with E-state index < -0.39 is 15.8 Å². The first-order chi connectivity index (χ1) is 7.42. The lowest BCUT2D eigenvalue weighted by Crippen LogP contribution is -2.22. The number of amides is 1. The molecule has 0 bridgehead atoms. The molecule has 0 fully saturated rings. The smallest absolute Gasteiger partial charge is 0.228 e. The summed E-state index contributed by atoms with van der Waals surface area (Å²) >= 11 is 3.24. The monoisotopic (exact) mass is 303 g/mol. The highest BCUT2D eigenvalue weighted by atomic mass is 79.9. The molecule has 0 aromatic heterocycles. The number of rotatable bonds is 0. The molecule has 1 aromatic rings. The van der Waals surface area contributed by atoms with Gasteiger partial charge in [0.1, 0.15) is 0 Å². The first-order valence-corrected chi connectivity index (χ1v) is 7.18. The van der Waals surface area contributed by atoms with Crippen LogP contribution in [0.25, 0.3) is 0 Å². The van der Waals surface area contributed by atoms with E-state index in [-0.39, 0.29) is 16.6 Å². The molecule has 1 aliphatic rings. The van der Waals surface area contributed by atoms with E-state index in [2.05, 4.69) is 21.2 Å². The maximum absolute atomic E-state index is 12.0. The molecule has 1 amide bonds. The molecule has 1 atom stereocenters. The fourth-order valence-electron chi connectivity index (χ4n) is 1.63. The molecule has 1 unspecified atom stereocenters. The average molecular weight is 304 g/mol. The summed E-state index contributed by atoms with van der Waals surface area (Å²) in [4.78, 5) is 11.8. The van der Waals surface area contributed by atoms with Gasteiger partial charge in [0.25, 0.3) is 0 Å². The molecule has 0 saturated heterocycles. The summed E-state index contributed by atoms with van der Waals surface area (Å²) in [5.41, 5.74) is 0.344. The van der Waals surface area contributed by atoms with Crippen LogP contribution in [0.4, 0.5) is 5.69 Å². The molecule has 4 nitrogen and oxygen atoms in total. The number of halogens is 1. The number of benzene rings is 1. The molecule has 0 radical (unpaired) electrons. The Morgan fingerprint density at radius 2 is 2.12 bits per heavy atom. The molecular weight excluding hydrogens is 294 g/mol. The SMILES string of the molecule is CC1CS(=O)(=O)c2cccc(Br)c2NC1=O. The third kappa shape index (κ3) is 1.87. The standard InChI is InChI=1S/C10H10BrNO3S/c1-6-5-16(14,15)8-4-2-3-7(11)9(8)12-10(6)13/h2-4,6H,5H2,1H3,(H,12,13). The highest BCUT2D eigenvalue weighted by molar-refractivity contribution is 9.10. The second kappa shape index (κ2) is 3.85. The molecule has 0 spiro atoms. The fraction of sp³-hybridized carbons (Fsp3) is 0.300. The molecule has 0 aliphatic carbocycles. The van der Waals surface area contributed by atoms with E-state index in [0.717, 1.165) is 0 Å². The van der Waals surface area contributed by atoms with E-state index in [1.165, 1.54) is 6.07 Å². The minimum Gasteiger partial charge on any atom is -0.324 e. The van der Waals surface area contributed by atoms with Crippen LogP contribution in [0.15, 0.2) is 27.6 Å². The predicted molar refractivity (Wildman–Crippen MR) is 64.0 cm³/mol. The van der Waals surface area contributed by atoms with E-state index in [1.807, 2.05) is 0 Å². The van der Waals surface area contributed by atoms with Crippen LogP contribution in [-0.4, -0.2) is 20.1 Å². The van der Waals surface area contributed by atoms with Crippen molar-refractivity contribution in [1.29, 1.82) is 0 Å². The van der Waals surface area contributed by atoms with Crippen LogP contribution in [0.1, 0.15) is 6.92 Å². The van der Waals surface area contributed by atoms with Gasteiger partial charge in [-0.1, -0.05) is 13.0 Å². The predicted octanol–water partition coefficient (Wildman–Crippen LogP) is 1.81. The normalized spacial score (nSPS) is 23.1. The fourth-order valence-corrected chi connectivity index (χ4v) is 3.97. The first-order valence-electron chi connectivity index (χ1n) is 4.74. The number of hydrogen-bond acceptors (Lipinski definition) is 3. The van der Waals surface area contributed by atoms with Gasteiger partial charge in [0, 0.05) is 10.4 Å². The summed E-state index contributed by atoms with van der Waals surface area (Å²) in [6.07, 6.45) is 0. The van der Waals surface area contributed by atoms with Crippen molar-refractivity contribution in [2.24, 2.45) is 5.92 Å². The second-order valence-electron chi connectivity index (χ2n) is 3.78. The van der Waals surface area contributed by atoms with Crippen LogP contribution in [0.2, 0.25) is 0 Å². The molecule has 1 N–H and O–H groups in total. The average Bonchev–Trinajstić information content (AvgIpc) is 2.26. The maximum atomic E-state index is 12.0. The third-order valence-electron chi connectivity index (χ3n) is 2.48. The van der Waals surface area contributed by atoms with Crippen LogP contribution < -0.4 is 5.32 Å². The van der Waals surface area contributed by atoms with E-state index >= 15 is 0 Å². The Balaban J connectivity index is 2.70. The number of carbonyl (C=O) groups excluding carboxylic acids is 1. The van der Waals surface area contributed by atoms with Crippen molar-refractivity contribution in [2.45, 2.75) is 11.8 Å². The first kappa shape index (κ1) is 11.6. The largest absolute Gasteiger partial charge is 0.324 e. The summed E-state index contributed by atoms with van der Waals surface area (Å²) in [7, 11) is -3.40. The zero-order valence-corrected chi connectivity index (χ0v) is 10.9. The Kier molecular flexibility index (Phi) is 2.79. The van der Waals surface area contributed by atoms with Gasteiger partial charge in [-0.25, -0.2) is 8.42 Å². The number of sulfone groups is 1. The minimum atomic E-state index is -3.40. The Morgan fingerprint density at radius 1 is 1.44 bits per heavy atom. The second-order valence-corrected chi connectivity index (χ2v) is 6.64. The summed E-state index contributed by atoms with van der Waals surface area (Å²) in [5.74, 6) is -0.957. The Bertz CT molecular complexity index is 553. The van der Waals surface area contributed by atoms with E-state index in [0.29, 0.717) is 10.2 Å². The Labute approximate surface area is 102 Å². The summed E-state index contributed by atoms with van der Waals surface area (Å²) < 4.78 is 24.6. The van der Waals surface area contributed by atoms with Crippen LogP contribution in [0.5, 0.6) is 0 Å². The lowest BCUT2D eigenvalue weighted by Gasteiger charge is -2.07. The van der Waals surface area contributed by atoms with Gasteiger partial charge in [0.15, 0.2) is 9.84 Å². The van der Waals surface area contributed by atoms with Crippen molar-refractivity contribution in [3.63, 3.8) is 0 Å². The van der Waals surface area contributed by atoms with E-state index in [4.69, 9.17) is 0 Å². The lowest BCUT2D eigenvalue weighted by atomic mass is 10.2. The van der Waals surface area contributed by atoms with Crippen LogP contribution in [0, 0.1) is 5.92 Å². The maximum Gasteiger partial charge on any atom is 0.228 e. The highest BCUT2D eigenvalue weighted by Gasteiger charge is 2.31. The number of nitrogens with one attached hydrogen (secondary N) is 1. The van der Waals surface area contributed by atoms with Crippen molar-refractivity contribution in [1.82, 2.24) is 0 Å². The summed E-state index contributed by atoms with van der Waals surface area (Å²) in [6.45, 7) is 1.60. The zero-order chi connectivity index (χ0) is 11.9. The molecule has 1 heterocycles. The van der Waals surface area contributed by atoms with Gasteiger partial charge in [0.05, 0.1) is 16.3 Å². The van der Waals surface area contributed by atoms with Crippen molar-refractivity contribution < 1.29 is 13.2 Å². The number of carbonyl (C=O) groups is 1. The molecule has 1 aromatic carbocycles. The van der Waals surface area contributed by atoms with Crippen LogP contribution in [0.3, 0.4) is 0 Å². The topological polar surface area (TPSA) is 63.2 Å². The molecule has 1 aliphatic heterocycles. The van der Waals surface area contributed by atoms with Gasteiger partial charge in [-0.05, 0) is 28.1 Å². The van der Waals surface area contributed by atoms with E-state index in [1.54, 1.807) is 19.1 Å². The van der Waals surface area contributed by atoms with Gasteiger partial charge in [-0.2, -0.15) is 0 Å². The quantitative estimate of drug-likeness (QED) is 0.795. The van der Waals surface area contributed by atoms with Crippen molar-refractivity contribution in [3.05, 3.63) is 22.7 Å². The Hall–Kier alpha value is -0.880. The number of fused-ring (bicyclic) bond motifs is 1. The number of para-hydroxylation sites is 1. The Morgan fingerprint density at radius 3 is 2.81 bits per heavy atom. The van der Waals surface area contributed by atoms with Crippen molar-refractivity contribution in [3.8, 4) is 0 Å². The van der Waals surface area contributed by atoms with Crippen molar-refractivity contribution >= 4 is 37.4 Å². The molecule has 0 saturated carbocycles. The van der Waals surface area contributed by atoms with Gasteiger partial charge in [-0.15, -0.1) is 0 Å². The van der Waals surface area contributed by atoms with Gasteiger partial charge < -0.3 is 5.32 Å². The molecule has 6 heteroatoms. The molecular formula is C10H10BrNO3S. The van der Waals surface area contributed by atoms with Gasteiger partial charge in [0.2, 0.25) is 5.91 Å². The summed E-state index contributed by atoms with van der Waals surface area (Å²) in [5, 5.41) is 2.63. The van der Waals surface area contributed by atoms with Crippen molar-refractivity contribution in [2.75, 3.05) is 11.1 Å². The lowest BCUT2D eigenvalue weighted by molar-refractivity contribution is -0.118. The van der Waals surface area contributed by atoms with Crippen LogP contribution >= 0.6 is 15.9 Å². The molecule has 2 rings (SSSR count). The minimum absolute atomic E-state index is 0.151. The molecule has 86 valence electrons. The number of anilines is 1. The third-order valence-corrected chi connectivity index (χ3v) is 5.09. The van der Waals surface area contributed by atoms with Gasteiger partial charge >= 0.3 is 0 Å². The van der Waals surface area contributed by atoms with Crippen LogP contribution in [-0.2, 0) is 14.6 Å². The number of hydrogen-bond donors (Lipinski definition) is 1. The molecule has 16 heavy (non-hydrogen) atoms. The van der Waals surface area contributed by atoms with Gasteiger partial charge in [-0.3, -0.25) is 4.79 Å². The zero-order valence-electron chi connectivity index (χ0n) is 8.53.